The van der Waals surface area contributed by atoms with Gasteiger partial charge in [0.1, 0.15) is 5.75 Å². The molecule has 140 valence electrons. The van der Waals surface area contributed by atoms with Crippen molar-refractivity contribution in [2.45, 2.75) is 19.8 Å². The molecular weight excluding hydrogens is 406 g/mol. The van der Waals surface area contributed by atoms with Gasteiger partial charge in [-0.2, -0.15) is 0 Å². The highest BCUT2D eigenvalue weighted by atomic mass is 79.9. The zero-order valence-electron chi connectivity index (χ0n) is 15.2. The molecule has 3 rings (SSSR count). The number of hydrogen-bond acceptors (Lipinski definition) is 3. The molecule has 27 heavy (non-hydrogen) atoms. The van der Waals surface area contributed by atoms with E-state index in [1.165, 1.54) is 5.39 Å². The van der Waals surface area contributed by atoms with Crippen molar-refractivity contribution < 1.29 is 14.6 Å². The summed E-state index contributed by atoms with van der Waals surface area (Å²) in [4.78, 5) is 11.4. The molecule has 0 aliphatic rings. The summed E-state index contributed by atoms with van der Waals surface area (Å²) in [6.07, 6.45) is 1.76. The number of carbonyl (C=O) groups is 1. The standard InChI is InChI=1S/C22H22BrNO3/c1-15-13-18(22(25)26)21(19(23)14-15)24-11-4-5-12-27-20-10-6-8-16-7-2-3-9-17(16)20/h2-3,6-10,13-14,24H,4-5,11-12H2,1H3,(H,25,26). The van der Waals surface area contributed by atoms with Gasteiger partial charge in [-0.25, -0.2) is 4.79 Å². The second-order valence-corrected chi connectivity index (χ2v) is 7.29. The smallest absolute Gasteiger partial charge is 0.337 e. The number of aryl methyl sites for hydroxylation is 1. The highest BCUT2D eigenvalue weighted by Crippen LogP contribution is 2.29. The van der Waals surface area contributed by atoms with Crippen LogP contribution in [0.4, 0.5) is 5.69 Å². The number of carboxylic acids is 1. The van der Waals surface area contributed by atoms with Crippen LogP contribution in [0.15, 0.2) is 59.1 Å². The molecule has 0 radical (unpaired) electrons. The Kier molecular flexibility index (Phi) is 6.35. The van der Waals surface area contributed by atoms with Crippen molar-refractivity contribution in [3.8, 4) is 5.75 Å². The van der Waals surface area contributed by atoms with E-state index in [2.05, 4.69) is 39.4 Å². The topological polar surface area (TPSA) is 58.6 Å². The van der Waals surface area contributed by atoms with Gasteiger partial charge in [0.25, 0.3) is 0 Å². The molecule has 5 heteroatoms. The lowest BCUT2D eigenvalue weighted by Crippen LogP contribution is -2.10. The van der Waals surface area contributed by atoms with Crippen LogP contribution in [0.5, 0.6) is 5.75 Å². The van der Waals surface area contributed by atoms with Crippen LogP contribution in [0.2, 0.25) is 0 Å². The van der Waals surface area contributed by atoms with Gasteiger partial charge in [-0.15, -0.1) is 0 Å². The van der Waals surface area contributed by atoms with Crippen LogP contribution < -0.4 is 10.1 Å². The molecule has 0 unspecified atom stereocenters. The zero-order valence-corrected chi connectivity index (χ0v) is 16.8. The number of benzene rings is 3. The average molecular weight is 428 g/mol. The molecule has 0 atom stereocenters. The molecule has 0 aliphatic carbocycles. The van der Waals surface area contributed by atoms with E-state index in [0.29, 0.717) is 18.8 Å². The summed E-state index contributed by atoms with van der Waals surface area (Å²) < 4.78 is 6.71. The number of anilines is 1. The van der Waals surface area contributed by atoms with Crippen LogP contribution in [0.1, 0.15) is 28.8 Å². The van der Waals surface area contributed by atoms with Gasteiger partial charge in [-0.1, -0.05) is 36.4 Å². The molecule has 0 heterocycles. The van der Waals surface area contributed by atoms with E-state index in [-0.39, 0.29) is 5.56 Å². The summed E-state index contributed by atoms with van der Waals surface area (Å²) in [6, 6.07) is 17.8. The summed E-state index contributed by atoms with van der Waals surface area (Å²) in [7, 11) is 0. The van der Waals surface area contributed by atoms with Crippen molar-refractivity contribution in [3.63, 3.8) is 0 Å². The van der Waals surface area contributed by atoms with Crippen LogP contribution in [0, 0.1) is 6.92 Å². The fraction of sp³-hybridized carbons (Fsp3) is 0.227. The zero-order chi connectivity index (χ0) is 19.2. The van der Waals surface area contributed by atoms with Gasteiger partial charge in [0.2, 0.25) is 0 Å². The normalized spacial score (nSPS) is 10.7. The van der Waals surface area contributed by atoms with E-state index in [0.717, 1.165) is 34.0 Å². The summed E-state index contributed by atoms with van der Waals surface area (Å²) in [5, 5.41) is 14.9. The van der Waals surface area contributed by atoms with Crippen molar-refractivity contribution in [2.24, 2.45) is 0 Å². The SMILES string of the molecule is Cc1cc(Br)c(NCCCCOc2cccc3ccccc23)c(C(=O)O)c1. The lowest BCUT2D eigenvalue weighted by atomic mass is 10.1. The van der Waals surface area contributed by atoms with Crippen molar-refractivity contribution in [3.05, 3.63) is 70.2 Å². The van der Waals surface area contributed by atoms with Gasteiger partial charge in [0.15, 0.2) is 0 Å². The van der Waals surface area contributed by atoms with Gasteiger partial charge in [-0.3, -0.25) is 0 Å². The maximum Gasteiger partial charge on any atom is 0.337 e. The maximum atomic E-state index is 11.4. The predicted octanol–water partition coefficient (Wildman–Crippen LogP) is 5.88. The molecule has 0 bridgehead atoms. The number of rotatable bonds is 8. The van der Waals surface area contributed by atoms with E-state index in [9.17, 15) is 9.90 Å². The van der Waals surface area contributed by atoms with Crippen molar-refractivity contribution in [1.82, 2.24) is 0 Å². The molecule has 0 spiro atoms. The molecule has 3 aromatic rings. The van der Waals surface area contributed by atoms with Crippen molar-refractivity contribution in [1.29, 1.82) is 0 Å². The quantitative estimate of drug-likeness (QED) is 0.440. The average Bonchev–Trinajstić information content (AvgIpc) is 2.65. The van der Waals surface area contributed by atoms with E-state index >= 15 is 0 Å². The van der Waals surface area contributed by atoms with Gasteiger partial charge in [0.05, 0.1) is 17.9 Å². The summed E-state index contributed by atoms with van der Waals surface area (Å²) in [5.74, 6) is -0.0308. The largest absolute Gasteiger partial charge is 0.493 e. The van der Waals surface area contributed by atoms with Gasteiger partial charge in [0, 0.05) is 16.4 Å². The molecule has 0 amide bonds. The molecule has 0 saturated carbocycles. The molecule has 0 aliphatic heterocycles. The number of ether oxygens (including phenoxy) is 1. The Hall–Kier alpha value is -2.53. The first-order valence-corrected chi connectivity index (χ1v) is 9.73. The molecule has 0 aromatic heterocycles. The Bertz CT molecular complexity index is 950. The number of nitrogens with one attached hydrogen (secondary N) is 1. The van der Waals surface area contributed by atoms with Crippen LogP contribution in [-0.4, -0.2) is 24.2 Å². The summed E-state index contributed by atoms with van der Waals surface area (Å²) >= 11 is 3.45. The second-order valence-electron chi connectivity index (χ2n) is 6.43. The first kappa shape index (κ1) is 19.2. The van der Waals surface area contributed by atoms with Crippen LogP contribution in [0.25, 0.3) is 10.8 Å². The maximum absolute atomic E-state index is 11.4. The van der Waals surface area contributed by atoms with E-state index in [1.54, 1.807) is 6.07 Å². The summed E-state index contributed by atoms with van der Waals surface area (Å²) in [6.45, 7) is 3.18. The second kappa shape index (κ2) is 8.91. The van der Waals surface area contributed by atoms with Gasteiger partial charge in [-0.05, 0) is 64.8 Å². The predicted molar refractivity (Wildman–Crippen MR) is 113 cm³/mol. The van der Waals surface area contributed by atoms with Crippen molar-refractivity contribution in [2.75, 3.05) is 18.5 Å². The Labute approximate surface area is 167 Å². The Morgan fingerprint density at radius 3 is 2.70 bits per heavy atom. The number of carboxylic acid groups (broad SMARTS) is 1. The van der Waals surface area contributed by atoms with E-state index in [1.807, 2.05) is 37.3 Å². The molecule has 0 saturated heterocycles. The monoisotopic (exact) mass is 427 g/mol. The lowest BCUT2D eigenvalue weighted by Gasteiger charge is -2.13. The summed E-state index contributed by atoms with van der Waals surface area (Å²) in [5.41, 5.74) is 1.82. The molecule has 2 N–H and O–H groups in total. The molecular formula is C22H22BrNO3. The van der Waals surface area contributed by atoms with E-state index < -0.39 is 5.97 Å². The first-order valence-electron chi connectivity index (χ1n) is 8.94. The molecule has 3 aromatic carbocycles. The number of fused-ring (bicyclic) bond motifs is 1. The number of hydrogen-bond donors (Lipinski definition) is 2. The Morgan fingerprint density at radius 1 is 1.11 bits per heavy atom. The Morgan fingerprint density at radius 2 is 1.89 bits per heavy atom. The van der Waals surface area contributed by atoms with Crippen LogP contribution >= 0.6 is 15.9 Å². The highest BCUT2D eigenvalue weighted by molar-refractivity contribution is 9.10. The fourth-order valence-corrected chi connectivity index (χ4v) is 3.75. The minimum Gasteiger partial charge on any atom is -0.493 e. The van der Waals surface area contributed by atoms with E-state index in [4.69, 9.17) is 4.74 Å². The number of aromatic carboxylic acids is 1. The Balaban J connectivity index is 1.51. The van der Waals surface area contributed by atoms with Crippen molar-refractivity contribution >= 4 is 38.4 Å². The molecule has 4 nitrogen and oxygen atoms in total. The third-order valence-electron chi connectivity index (χ3n) is 4.35. The first-order chi connectivity index (χ1) is 13.1. The van der Waals surface area contributed by atoms with Crippen LogP contribution in [0.3, 0.4) is 0 Å². The minimum absolute atomic E-state index is 0.286. The molecule has 0 fully saturated rings. The van der Waals surface area contributed by atoms with Crippen LogP contribution in [-0.2, 0) is 0 Å². The number of halogens is 1. The highest BCUT2D eigenvalue weighted by Gasteiger charge is 2.13. The lowest BCUT2D eigenvalue weighted by molar-refractivity contribution is 0.0697. The third kappa shape index (κ3) is 4.80. The third-order valence-corrected chi connectivity index (χ3v) is 4.97. The minimum atomic E-state index is -0.929. The van der Waals surface area contributed by atoms with Gasteiger partial charge >= 0.3 is 5.97 Å². The number of unbranched alkanes of at least 4 members (excludes halogenated alkanes) is 1. The fourth-order valence-electron chi connectivity index (χ4n) is 3.03. The van der Waals surface area contributed by atoms with Gasteiger partial charge < -0.3 is 15.2 Å².